The molecule has 1 aromatic rings. The molecule has 0 saturated carbocycles. The molecular weight excluding hydrogens is 229 g/mol. The Kier molecular flexibility index (Phi) is 3.36. The van der Waals surface area contributed by atoms with Crippen molar-refractivity contribution in [2.45, 2.75) is 6.42 Å². The van der Waals surface area contributed by atoms with Gasteiger partial charge in [0, 0.05) is 12.0 Å². The van der Waals surface area contributed by atoms with Crippen LogP contribution in [0.4, 0.5) is 8.78 Å². The van der Waals surface area contributed by atoms with E-state index in [1.54, 1.807) is 0 Å². The highest BCUT2D eigenvalue weighted by Gasteiger charge is 2.19. The van der Waals surface area contributed by atoms with Crippen LogP contribution in [-0.2, 0) is 6.42 Å². The maximum atomic E-state index is 13.3. The molecule has 0 heterocycles. The predicted octanol–water partition coefficient (Wildman–Crippen LogP) is 3.63. The summed E-state index contributed by atoms with van der Waals surface area (Å²) in [5.41, 5.74) is -0.362. The fraction of sp³-hybridized carbons (Fsp3) is 0.100. The first-order valence-corrected chi connectivity index (χ1v) is 4.36. The summed E-state index contributed by atoms with van der Waals surface area (Å²) in [4.78, 5) is 0. The molecule has 0 amide bonds. The lowest BCUT2D eigenvalue weighted by molar-refractivity contribution is 0.563. The van der Waals surface area contributed by atoms with E-state index in [4.69, 9.17) is 29.6 Å². The molecule has 1 aromatic carbocycles. The van der Waals surface area contributed by atoms with Gasteiger partial charge in [-0.3, -0.25) is 0 Å². The molecule has 0 aliphatic rings. The Labute approximate surface area is 90.8 Å². The first kappa shape index (κ1) is 11.3. The third-order valence-electron chi connectivity index (χ3n) is 1.72. The summed E-state index contributed by atoms with van der Waals surface area (Å²) in [5.74, 6) is 0.338. The molecule has 0 saturated heterocycles. The zero-order valence-electron chi connectivity index (χ0n) is 7.00. The van der Waals surface area contributed by atoms with Crippen LogP contribution in [0.5, 0.6) is 0 Å². The van der Waals surface area contributed by atoms with Gasteiger partial charge in [-0.15, -0.1) is 12.3 Å². The molecule has 0 spiro atoms. The van der Waals surface area contributed by atoms with E-state index in [0.29, 0.717) is 0 Å². The average Bonchev–Trinajstić information content (AvgIpc) is 2.19. The summed E-state index contributed by atoms with van der Waals surface area (Å²) < 4.78 is 26.6. The SMILES string of the molecule is C#CCc1c(F)c(Cl)c([CH2])c(Cl)c1F. The minimum Gasteiger partial charge on any atom is -0.205 e. The highest BCUT2D eigenvalue weighted by molar-refractivity contribution is 6.36. The Balaban J connectivity index is 3.53. The van der Waals surface area contributed by atoms with Gasteiger partial charge < -0.3 is 0 Å². The Morgan fingerprint density at radius 3 is 2.00 bits per heavy atom. The van der Waals surface area contributed by atoms with E-state index in [0.717, 1.165) is 0 Å². The van der Waals surface area contributed by atoms with E-state index >= 15 is 0 Å². The average molecular weight is 234 g/mol. The molecule has 1 radical (unpaired) electrons. The lowest BCUT2D eigenvalue weighted by atomic mass is 10.1. The van der Waals surface area contributed by atoms with Crippen molar-refractivity contribution in [3.05, 3.63) is 39.7 Å². The largest absolute Gasteiger partial charge is 0.205 e. The fourth-order valence-electron chi connectivity index (χ4n) is 0.980. The molecule has 0 nitrogen and oxygen atoms in total. The van der Waals surface area contributed by atoms with Gasteiger partial charge in [0.25, 0.3) is 0 Å². The monoisotopic (exact) mass is 233 g/mol. The van der Waals surface area contributed by atoms with Crippen LogP contribution in [0.2, 0.25) is 10.0 Å². The molecule has 1 rings (SSSR count). The number of hydrogen-bond donors (Lipinski definition) is 0. The third-order valence-corrected chi connectivity index (χ3v) is 2.51. The Morgan fingerprint density at radius 2 is 1.64 bits per heavy atom. The van der Waals surface area contributed by atoms with Crippen molar-refractivity contribution >= 4 is 23.2 Å². The van der Waals surface area contributed by atoms with Gasteiger partial charge in [0.2, 0.25) is 0 Å². The summed E-state index contributed by atoms with van der Waals surface area (Å²) in [6, 6.07) is 0. The lowest BCUT2D eigenvalue weighted by Crippen LogP contribution is -1.99. The lowest BCUT2D eigenvalue weighted by Gasteiger charge is -2.08. The van der Waals surface area contributed by atoms with Crippen LogP contribution < -0.4 is 0 Å². The van der Waals surface area contributed by atoms with Crippen LogP contribution in [0.25, 0.3) is 0 Å². The minimum absolute atomic E-state index is 0.0656. The predicted molar refractivity (Wildman–Crippen MR) is 53.4 cm³/mol. The second-order valence-electron chi connectivity index (χ2n) is 2.59. The van der Waals surface area contributed by atoms with Crippen LogP contribution in [-0.4, -0.2) is 0 Å². The van der Waals surface area contributed by atoms with E-state index in [1.807, 2.05) is 0 Å². The zero-order chi connectivity index (χ0) is 10.9. The van der Waals surface area contributed by atoms with Crippen molar-refractivity contribution in [2.75, 3.05) is 0 Å². The third kappa shape index (κ3) is 1.70. The van der Waals surface area contributed by atoms with Gasteiger partial charge in [-0.2, -0.15) is 0 Å². The first-order valence-electron chi connectivity index (χ1n) is 3.61. The maximum absolute atomic E-state index is 13.3. The van der Waals surface area contributed by atoms with Crippen molar-refractivity contribution in [1.29, 1.82) is 0 Å². The van der Waals surface area contributed by atoms with Crippen LogP contribution in [0.1, 0.15) is 11.1 Å². The van der Waals surface area contributed by atoms with Crippen molar-refractivity contribution in [1.82, 2.24) is 0 Å². The quantitative estimate of drug-likeness (QED) is 0.514. The molecule has 0 fully saturated rings. The van der Waals surface area contributed by atoms with Gasteiger partial charge in [-0.25, -0.2) is 8.78 Å². The van der Waals surface area contributed by atoms with Gasteiger partial charge in [-0.05, 0) is 12.5 Å². The van der Waals surface area contributed by atoms with Crippen molar-refractivity contribution in [2.24, 2.45) is 0 Å². The number of rotatable bonds is 1. The summed E-state index contributed by atoms with van der Waals surface area (Å²) in [7, 11) is 0. The van der Waals surface area contributed by atoms with Crippen molar-refractivity contribution < 1.29 is 8.78 Å². The molecular formula is C10H5Cl2F2. The second kappa shape index (κ2) is 4.16. The maximum Gasteiger partial charge on any atom is 0.149 e. The second-order valence-corrected chi connectivity index (χ2v) is 3.35. The Hall–Kier alpha value is -0.780. The molecule has 0 aliphatic heterocycles. The summed E-state index contributed by atoms with van der Waals surface area (Å²) in [6.07, 6.45) is 4.75. The zero-order valence-corrected chi connectivity index (χ0v) is 8.52. The Bertz CT molecular complexity index is 390. The highest BCUT2D eigenvalue weighted by Crippen LogP contribution is 2.32. The molecule has 0 bridgehead atoms. The summed E-state index contributed by atoms with van der Waals surface area (Å²) in [5, 5.41) is -0.580. The standard InChI is InChI=1S/C10H5Cl2F2/c1-3-4-6-9(13)7(11)5(2)8(12)10(6)14/h1H,2,4H2. The molecule has 0 atom stereocenters. The molecule has 0 aliphatic carbocycles. The topological polar surface area (TPSA) is 0 Å². The first-order chi connectivity index (χ1) is 6.50. The van der Waals surface area contributed by atoms with E-state index in [1.165, 1.54) is 0 Å². The smallest absolute Gasteiger partial charge is 0.149 e. The van der Waals surface area contributed by atoms with Crippen molar-refractivity contribution in [3.8, 4) is 12.3 Å². The van der Waals surface area contributed by atoms with Crippen LogP contribution >= 0.6 is 23.2 Å². The number of hydrogen-bond acceptors (Lipinski definition) is 0. The van der Waals surface area contributed by atoms with Gasteiger partial charge in [0.15, 0.2) is 0 Å². The van der Waals surface area contributed by atoms with Crippen LogP contribution in [0, 0.1) is 30.9 Å². The molecule has 0 aromatic heterocycles. The highest BCUT2D eigenvalue weighted by atomic mass is 35.5. The van der Waals surface area contributed by atoms with E-state index in [2.05, 4.69) is 12.8 Å². The van der Waals surface area contributed by atoms with E-state index in [-0.39, 0.29) is 27.6 Å². The number of halogens is 4. The minimum atomic E-state index is -0.892. The molecule has 4 heteroatoms. The van der Waals surface area contributed by atoms with Crippen molar-refractivity contribution in [3.63, 3.8) is 0 Å². The van der Waals surface area contributed by atoms with Gasteiger partial charge in [0.1, 0.15) is 11.6 Å². The van der Waals surface area contributed by atoms with Gasteiger partial charge in [0.05, 0.1) is 10.0 Å². The van der Waals surface area contributed by atoms with E-state index < -0.39 is 11.6 Å². The number of benzene rings is 1. The summed E-state index contributed by atoms with van der Waals surface area (Å²) in [6.45, 7) is 3.35. The molecule has 0 N–H and O–H groups in total. The Morgan fingerprint density at radius 1 is 1.21 bits per heavy atom. The van der Waals surface area contributed by atoms with Gasteiger partial charge >= 0.3 is 0 Å². The van der Waals surface area contributed by atoms with E-state index in [9.17, 15) is 8.78 Å². The van der Waals surface area contributed by atoms with Crippen LogP contribution in [0.15, 0.2) is 0 Å². The summed E-state index contributed by atoms with van der Waals surface area (Å²) >= 11 is 11.1. The van der Waals surface area contributed by atoms with Crippen LogP contribution in [0.3, 0.4) is 0 Å². The molecule has 0 unspecified atom stereocenters. The van der Waals surface area contributed by atoms with Gasteiger partial charge in [-0.1, -0.05) is 23.2 Å². The molecule has 14 heavy (non-hydrogen) atoms. The number of terminal acetylenes is 1. The fourth-order valence-corrected chi connectivity index (χ4v) is 1.45. The molecule has 73 valence electrons. The normalized spacial score (nSPS) is 10.0.